The molecule has 0 saturated carbocycles. The van der Waals surface area contributed by atoms with Gasteiger partial charge in [-0.05, 0) is 43.6 Å². The van der Waals surface area contributed by atoms with Crippen LogP contribution in [0.1, 0.15) is 30.9 Å². The maximum Gasteiger partial charge on any atom is 0.221 e. The molecule has 2 N–H and O–H groups in total. The lowest BCUT2D eigenvalue weighted by Gasteiger charge is -2.29. The van der Waals surface area contributed by atoms with E-state index in [1.54, 1.807) is 7.11 Å². The Labute approximate surface area is 179 Å². The number of halogens is 2. The zero-order chi connectivity index (χ0) is 17.5. The molecule has 1 aromatic carbocycles. The third kappa shape index (κ3) is 7.35. The van der Waals surface area contributed by atoms with E-state index in [0.29, 0.717) is 19.0 Å². The Morgan fingerprint density at radius 2 is 2.15 bits per heavy atom. The van der Waals surface area contributed by atoms with Gasteiger partial charge in [-0.1, -0.05) is 12.1 Å². The second kappa shape index (κ2) is 12.7. The van der Waals surface area contributed by atoms with E-state index in [1.807, 2.05) is 23.9 Å². The average Bonchev–Trinajstić information content (AvgIpc) is 3.17. The van der Waals surface area contributed by atoms with Crippen molar-refractivity contribution in [3.8, 4) is 5.75 Å². The van der Waals surface area contributed by atoms with Gasteiger partial charge in [0, 0.05) is 37.1 Å². The molecule has 8 heteroatoms. The fourth-order valence-corrected chi connectivity index (χ4v) is 4.57. The van der Waals surface area contributed by atoms with Crippen LogP contribution in [-0.2, 0) is 4.79 Å². The fraction of sp³-hybridized carbons (Fsp3) is 0.632. The maximum atomic E-state index is 12.4. The summed E-state index contributed by atoms with van der Waals surface area (Å²) in [7, 11) is 1.70. The van der Waals surface area contributed by atoms with Crippen molar-refractivity contribution >= 4 is 42.5 Å². The average molecular weight is 436 g/mol. The van der Waals surface area contributed by atoms with Crippen LogP contribution in [-0.4, -0.2) is 61.6 Å². The lowest BCUT2D eigenvalue weighted by atomic mass is 10.0. The summed E-state index contributed by atoms with van der Waals surface area (Å²) in [5.74, 6) is 3.19. The molecule has 2 heterocycles. The van der Waals surface area contributed by atoms with E-state index in [-0.39, 0.29) is 36.8 Å². The quantitative estimate of drug-likeness (QED) is 0.689. The smallest absolute Gasteiger partial charge is 0.221 e. The molecule has 0 bridgehead atoms. The number of nitrogens with zero attached hydrogens (tertiary/aromatic N) is 1. The van der Waals surface area contributed by atoms with Crippen LogP contribution in [0.5, 0.6) is 5.75 Å². The van der Waals surface area contributed by atoms with Gasteiger partial charge in [-0.3, -0.25) is 9.69 Å². The molecule has 27 heavy (non-hydrogen) atoms. The number of hydrogen-bond acceptors (Lipinski definition) is 5. The number of thioether (sulfide) groups is 1. The first-order valence-corrected chi connectivity index (χ1v) is 10.4. The Hall–Kier alpha value is -0.660. The first-order chi connectivity index (χ1) is 12.3. The van der Waals surface area contributed by atoms with Crippen molar-refractivity contribution in [2.24, 2.45) is 0 Å². The van der Waals surface area contributed by atoms with Crippen molar-refractivity contribution in [3.63, 3.8) is 0 Å². The molecule has 3 rings (SSSR count). The molecule has 5 nitrogen and oxygen atoms in total. The van der Waals surface area contributed by atoms with Crippen LogP contribution >= 0.6 is 36.6 Å². The van der Waals surface area contributed by atoms with Gasteiger partial charge in [-0.2, -0.15) is 11.8 Å². The molecular formula is C19H31Cl2N3O2S. The molecule has 2 atom stereocenters. The highest BCUT2D eigenvalue weighted by atomic mass is 35.5. The van der Waals surface area contributed by atoms with Gasteiger partial charge in [0.05, 0.1) is 13.2 Å². The topological polar surface area (TPSA) is 53.6 Å². The number of likely N-dealkylation sites (tertiary alicyclic amines) is 1. The highest BCUT2D eigenvalue weighted by molar-refractivity contribution is 7.99. The lowest BCUT2D eigenvalue weighted by molar-refractivity contribution is -0.121. The maximum absolute atomic E-state index is 12.4. The molecule has 2 unspecified atom stereocenters. The number of ether oxygens (including phenoxy) is 1. The minimum atomic E-state index is 0. The van der Waals surface area contributed by atoms with E-state index < -0.39 is 0 Å². The number of rotatable bonds is 7. The number of carbonyl (C=O) groups is 1. The minimum absolute atomic E-state index is 0. The summed E-state index contributed by atoms with van der Waals surface area (Å²) in [6, 6.07) is 8.75. The predicted octanol–water partition coefficient (Wildman–Crippen LogP) is 2.89. The third-order valence-electron chi connectivity index (χ3n) is 4.98. The summed E-state index contributed by atoms with van der Waals surface area (Å²) < 4.78 is 5.38. The first-order valence-electron chi connectivity index (χ1n) is 9.22. The van der Waals surface area contributed by atoms with Crippen LogP contribution in [0.4, 0.5) is 0 Å². The standard InChI is InChI=1S/C19H29N3O2S.2ClH/c1-24-17-6-4-5-15(11-17)18(22-8-2-3-9-22)13-21-19(23)12-16-14-25-10-7-20-16;;/h4-6,11,16,18,20H,2-3,7-10,12-14H2,1H3,(H,21,23);2*1H. The van der Waals surface area contributed by atoms with Gasteiger partial charge in [-0.15, -0.1) is 24.8 Å². The summed E-state index contributed by atoms with van der Waals surface area (Å²) >= 11 is 1.93. The summed E-state index contributed by atoms with van der Waals surface area (Å²) in [4.78, 5) is 14.9. The fourth-order valence-electron chi connectivity index (χ4n) is 3.62. The number of hydrogen-bond donors (Lipinski definition) is 2. The van der Waals surface area contributed by atoms with Gasteiger partial charge in [-0.25, -0.2) is 0 Å². The van der Waals surface area contributed by atoms with Crippen molar-refractivity contribution < 1.29 is 9.53 Å². The Balaban J connectivity index is 0.00000182. The van der Waals surface area contributed by atoms with E-state index in [1.165, 1.54) is 18.4 Å². The highest BCUT2D eigenvalue weighted by Crippen LogP contribution is 2.27. The second-order valence-corrected chi connectivity index (χ2v) is 7.92. The van der Waals surface area contributed by atoms with Gasteiger partial charge in [0.25, 0.3) is 0 Å². The Morgan fingerprint density at radius 1 is 1.37 bits per heavy atom. The zero-order valence-electron chi connectivity index (χ0n) is 15.8. The lowest BCUT2D eigenvalue weighted by Crippen LogP contribution is -2.43. The number of nitrogens with one attached hydrogen (secondary N) is 2. The van der Waals surface area contributed by atoms with Crippen molar-refractivity contribution in [1.29, 1.82) is 0 Å². The van der Waals surface area contributed by atoms with Crippen molar-refractivity contribution in [2.45, 2.75) is 31.3 Å². The molecule has 1 aromatic rings. The molecule has 2 fully saturated rings. The molecule has 2 saturated heterocycles. The van der Waals surface area contributed by atoms with Crippen molar-refractivity contribution in [2.75, 3.05) is 44.8 Å². The normalized spacial score (nSPS) is 20.9. The molecule has 0 radical (unpaired) electrons. The predicted molar refractivity (Wildman–Crippen MR) is 118 cm³/mol. The van der Waals surface area contributed by atoms with Crippen LogP contribution in [0, 0.1) is 0 Å². The number of carbonyl (C=O) groups excluding carboxylic acids is 1. The van der Waals surface area contributed by atoms with E-state index in [9.17, 15) is 4.79 Å². The van der Waals surface area contributed by atoms with Gasteiger partial charge in [0.15, 0.2) is 0 Å². The Bertz CT molecular complexity index is 568. The first kappa shape index (κ1) is 24.4. The largest absolute Gasteiger partial charge is 0.497 e. The monoisotopic (exact) mass is 435 g/mol. The SMILES string of the molecule is COc1cccc(C(CNC(=O)CC2CSCCN2)N2CCCC2)c1.Cl.Cl. The summed E-state index contributed by atoms with van der Waals surface area (Å²) in [6.45, 7) is 3.85. The van der Waals surface area contributed by atoms with Crippen molar-refractivity contribution in [3.05, 3.63) is 29.8 Å². The molecule has 154 valence electrons. The van der Waals surface area contributed by atoms with E-state index in [4.69, 9.17) is 4.74 Å². The molecule has 0 aliphatic carbocycles. The Kier molecular flexibility index (Phi) is 11.5. The highest BCUT2D eigenvalue weighted by Gasteiger charge is 2.25. The van der Waals surface area contributed by atoms with E-state index >= 15 is 0 Å². The summed E-state index contributed by atoms with van der Waals surface area (Å²) in [6.07, 6.45) is 3.03. The molecule has 0 aromatic heterocycles. The van der Waals surface area contributed by atoms with E-state index in [0.717, 1.165) is 36.9 Å². The summed E-state index contributed by atoms with van der Waals surface area (Å²) in [5, 5.41) is 6.60. The molecule has 2 aliphatic heterocycles. The van der Waals surface area contributed by atoms with Gasteiger partial charge in [0.2, 0.25) is 5.91 Å². The second-order valence-electron chi connectivity index (χ2n) is 6.77. The van der Waals surface area contributed by atoms with Crippen LogP contribution < -0.4 is 15.4 Å². The van der Waals surface area contributed by atoms with Crippen molar-refractivity contribution in [1.82, 2.24) is 15.5 Å². The van der Waals surface area contributed by atoms with Gasteiger partial charge < -0.3 is 15.4 Å². The Morgan fingerprint density at radius 3 is 2.81 bits per heavy atom. The van der Waals surface area contributed by atoms with E-state index in [2.05, 4.69) is 27.7 Å². The molecule has 1 amide bonds. The van der Waals surface area contributed by atoms with Crippen LogP contribution in [0.3, 0.4) is 0 Å². The van der Waals surface area contributed by atoms with Gasteiger partial charge >= 0.3 is 0 Å². The number of benzene rings is 1. The molecule has 2 aliphatic rings. The van der Waals surface area contributed by atoms with Gasteiger partial charge in [0.1, 0.15) is 5.75 Å². The molecule has 0 spiro atoms. The van der Waals surface area contributed by atoms with Crippen LogP contribution in [0.15, 0.2) is 24.3 Å². The number of amides is 1. The number of methoxy groups -OCH3 is 1. The van der Waals surface area contributed by atoms with Crippen LogP contribution in [0.2, 0.25) is 0 Å². The van der Waals surface area contributed by atoms with Crippen LogP contribution in [0.25, 0.3) is 0 Å². The summed E-state index contributed by atoms with van der Waals surface area (Å²) in [5.41, 5.74) is 1.22. The molecular weight excluding hydrogens is 405 g/mol. The zero-order valence-corrected chi connectivity index (χ0v) is 18.3. The third-order valence-corrected chi connectivity index (χ3v) is 6.11. The minimum Gasteiger partial charge on any atom is -0.497 e.